The standard InChI is InChI=1S/C32H48ClN3O6.C32H49N3O6/c1-22(2)36(24-11-7-6-8-12-24)29(37)25-19-27-28(20-26(25)33)42-32(3,31(39)35(27)15-9-10-16-40-5)30(38)34(4)21-23-13-17-41-18-14-23;1-23(2)35(26-11-7-6-8-12-26)29(36)25-13-14-28-27(21-25)34(17-9-10-18-39-5)31(38)32(3,41-28)30(37)33(4)22-24-15-19-40-20-16-24/h19-20,22-24H,6-18,21H2,1-5H3;13-14,21,23-24,26H,6-12,15-20,22H2,1-5H3. The van der Waals surface area contributed by atoms with E-state index < -0.39 is 28.9 Å². The summed E-state index contributed by atoms with van der Waals surface area (Å²) in [5, 5.41) is 0.249. The van der Waals surface area contributed by atoms with Crippen LogP contribution >= 0.6 is 11.6 Å². The lowest BCUT2D eigenvalue weighted by Crippen LogP contribution is -2.63. The SMILES string of the molecule is COCCCCN1C(=O)C(C)(C(=O)N(C)CC2CCOCC2)Oc2cc(Cl)c(C(=O)N(C(C)C)C3CCCCC3)cc21.COCCCCN1C(=O)C(C)(C(=O)N(C)CC2CCOCC2)Oc2ccc(C(=O)N(C(C)C)C3CCCCC3)cc21. The third kappa shape index (κ3) is 15.7. The zero-order valence-electron chi connectivity index (χ0n) is 51.6. The van der Waals surface area contributed by atoms with Crippen molar-refractivity contribution in [3.8, 4) is 11.5 Å². The van der Waals surface area contributed by atoms with E-state index in [2.05, 4.69) is 13.8 Å². The van der Waals surface area contributed by atoms with Crippen molar-refractivity contribution in [2.45, 2.75) is 192 Å². The van der Waals surface area contributed by atoms with Crippen molar-refractivity contribution in [2.75, 3.05) is 104 Å². The Morgan fingerprint density at radius 1 is 0.590 bits per heavy atom. The molecular formula is C64H97ClN6O12. The van der Waals surface area contributed by atoms with Crippen LogP contribution in [0.3, 0.4) is 0 Å². The number of anilines is 2. The maximum Gasteiger partial charge on any atom is 0.280 e. The first-order valence-electron chi connectivity index (χ1n) is 31.0. The van der Waals surface area contributed by atoms with Gasteiger partial charge in [-0.25, -0.2) is 0 Å². The molecule has 0 radical (unpaired) electrons. The number of benzene rings is 2. The highest BCUT2D eigenvalue weighted by molar-refractivity contribution is 6.34. The fourth-order valence-electron chi connectivity index (χ4n) is 13.1. The smallest absolute Gasteiger partial charge is 0.280 e. The summed E-state index contributed by atoms with van der Waals surface area (Å²) in [6.45, 7) is 17.0. The Kier molecular flexibility index (Phi) is 24.0. The molecule has 4 aliphatic heterocycles. The molecule has 462 valence electrons. The molecule has 2 saturated heterocycles. The number of hydrogen-bond acceptors (Lipinski definition) is 12. The molecule has 18 nitrogen and oxygen atoms in total. The molecule has 2 aromatic carbocycles. The Bertz CT molecular complexity index is 2530. The molecule has 4 fully saturated rings. The second kappa shape index (κ2) is 30.4. The molecule has 2 saturated carbocycles. The van der Waals surface area contributed by atoms with Crippen molar-refractivity contribution in [2.24, 2.45) is 11.8 Å². The van der Waals surface area contributed by atoms with Gasteiger partial charge in [0.15, 0.2) is 0 Å². The van der Waals surface area contributed by atoms with E-state index in [0.29, 0.717) is 124 Å². The van der Waals surface area contributed by atoms with E-state index in [1.165, 1.54) is 12.8 Å². The molecule has 4 heterocycles. The van der Waals surface area contributed by atoms with Gasteiger partial charge in [-0.1, -0.05) is 50.1 Å². The summed E-state index contributed by atoms with van der Waals surface area (Å²) in [6.07, 6.45) is 17.3. The van der Waals surface area contributed by atoms with E-state index in [4.69, 9.17) is 40.0 Å². The van der Waals surface area contributed by atoms with Gasteiger partial charge >= 0.3 is 0 Å². The van der Waals surface area contributed by atoms with Crippen molar-refractivity contribution in [3.63, 3.8) is 0 Å². The van der Waals surface area contributed by atoms with Crippen LogP contribution in [-0.2, 0) is 38.1 Å². The van der Waals surface area contributed by atoms with E-state index in [-0.39, 0.29) is 46.9 Å². The van der Waals surface area contributed by atoms with Crippen LogP contribution in [0.25, 0.3) is 0 Å². The van der Waals surface area contributed by atoms with Gasteiger partial charge in [0.25, 0.3) is 46.6 Å². The Balaban J connectivity index is 0.000000239. The first kappa shape index (κ1) is 65.5. The van der Waals surface area contributed by atoms with Crippen molar-refractivity contribution in [3.05, 3.63) is 46.5 Å². The van der Waals surface area contributed by atoms with Crippen LogP contribution in [0.5, 0.6) is 11.5 Å². The normalized spacial score (nSPS) is 21.8. The maximum atomic E-state index is 14.1. The number of methoxy groups -OCH3 is 2. The number of fused-ring (bicyclic) bond motifs is 2. The molecule has 0 bridgehead atoms. The molecular weight excluding hydrogens is 1080 g/mol. The summed E-state index contributed by atoms with van der Waals surface area (Å²) in [7, 11) is 6.76. The Morgan fingerprint density at radius 3 is 1.45 bits per heavy atom. The highest BCUT2D eigenvalue weighted by atomic mass is 35.5. The molecule has 2 unspecified atom stereocenters. The van der Waals surface area contributed by atoms with Crippen LogP contribution in [0, 0.1) is 11.8 Å². The third-order valence-corrected chi connectivity index (χ3v) is 18.0. The van der Waals surface area contributed by atoms with Crippen molar-refractivity contribution in [1.82, 2.24) is 19.6 Å². The molecule has 0 aromatic heterocycles. The fourth-order valence-corrected chi connectivity index (χ4v) is 13.4. The molecule has 6 aliphatic rings. The van der Waals surface area contributed by atoms with Crippen LogP contribution in [-0.4, -0.2) is 185 Å². The van der Waals surface area contributed by atoms with Crippen molar-refractivity contribution in [1.29, 1.82) is 0 Å². The minimum Gasteiger partial charge on any atom is -0.465 e. The van der Waals surface area contributed by atoms with E-state index in [1.54, 1.807) is 92.1 Å². The van der Waals surface area contributed by atoms with Crippen molar-refractivity contribution < 1.29 is 57.2 Å². The monoisotopic (exact) mass is 1180 g/mol. The molecule has 2 atom stereocenters. The van der Waals surface area contributed by atoms with E-state index in [9.17, 15) is 28.8 Å². The highest BCUT2D eigenvalue weighted by Gasteiger charge is 2.54. The van der Waals surface area contributed by atoms with Crippen LogP contribution in [0.4, 0.5) is 11.4 Å². The lowest BCUT2D eigenvalue weighted by atomic mass is 9.92. The second-order valence-corrected chi connectivity index (χ2v) is 25.2. The summed E-state index contributed by atoms with van der Waals surface area (Å²) in [4.78, 5) is 94.2. The van der Waals surface area contributed by atoms with Gasteiger partial charge in [0.2, 0.25) is 0 Å². The number of amides is 6. The Morgan fingerprint density at radius 2 is 1.01 bits per heavy atom. The number of rotatable bonds is 22. The number of hydrogen-bond donors (Lipinski definition) is 0. The quantitative estimate of drug-likeness (QED) is 0.0807. The van der Waals surface area contributed by atoms with Gasteiger partial charge in [-0.05, 0) is 155 Å². The molecule has 0 N–H and O–H groups in total. The summed E-state index contributed by atoms with van der Waals surface area (Å²) in [5.41, 5.74) is -1.55. The predicted octanol–water partition coefficient (Wildman–Crippen LogP) is 9.98. The number of halogens is 1. The van der Waals surface area contributed by atoms with Gasteiger partial charge in [-0.3, -0.25) is 28.8 Å². The number of carbonyl (C=O) groups is 6. The summed E-state index contributed by atoms with van der Waals surface area (Å²) < 4.78 is 33.9. The topological polar surface area (TPSA) is 177 Å². The van der Waals surface area contributed by atoms with Gasteiger partial charge in [0.05, 0.1) is 22.0 Å². The van der Waals surface area contributed by atoms with E-state index in [1.807, 2.05) is 23.6 Å². The molecule has 83 heavy (non-hydrogen) atoms. The van der Waals surface area contributed by atoms with Crippen LogP contribution in [0.15, 0.2) is 30.3 Å². The van der Waals surface area contributed by atoms with Gasteiger partial charge in [0, 0.05) is 130 Å². The molecule has 2 aliphatic carbocycles. The first-order chi connectivity index (χ1) is 39.7. The summed E-state index contributed by atoms with van der Waals surface area (Å²) in [6, 6.07) is 9.04. The fraction of sp³-hybridized carbons (Fsp3) is 0.719. The Labute approximate surface area is 499 Å². The minimum atomic E-state index is -1.75. The molecule has 2 aromatic rings. The Hall–Kier alpha value is -5.01. The lowest BCUT2D eigenvalue weighted by molar-refractivity contribution is -0.156. The van der Waals surface area contributed by atoms with Gasteiger partial charge < -0.3 is 57.8 Å². The molecule has 0 spiro atoms. The zero-order valence-corrected chi connectivity index (χ0v) is 52.4. The summed E-state index contributed by atoms with van der Waals surface area (Å²) in [5.74, 6) is -0.351. The molecule has 19 heteroatoms. The number of unbranched alkanes of at least 4 members (excludes halogenated alkanes) is 2. The van der Waals surface area contributed by atoms with E-state index in [0.717, 1.165) is 89.9 Å². The summed E-state index contributed by atoms with van der Waals surface area (Å²) >= 11 is 6.78. The van der Waals surface area contributed by atoms with Crippen LogP contribution in [0.2, 0.25) is 5.02 Å². The first-order valence-corrected chi connectivity index (χ1v) is 31.4. The molecule has 6 amide bonds. The maximum absolute atomic E-state index is 14.1. The van der Waals surface area contributed by atoms with Crippen LogP contribution < -0.4 is 19.3 Å². The lowest BCUT2D eigenvalue weighted by Gasteiger charge is -2.42. The predicted molar refractivity (Wildman–Crippen MR) is 322 cm³/mol. The van der Waals surface area contributed by atoms with Gasteiger partial charge in [-0.2, -0.15) is 0 Å². The second-order valence-electron chi connectivity index (χ2n) is 24.7. The number of ether oxygens (including phenoxy) is 6. The van der Waals surface area contributed by atoms with Gasteiger partial charge in [0.1, 0.15) is 11.5 Å². The number of nitrogens with zero attached hydrogens (tertiary/aromatic N) is 6. The number of carbonyl (C=O) groups excluding carboxylic acids is 6. The van der Waals surface area contributed by atoms with E-state index >= 15 is 0 Å². The van der Waals surface area contributed by atoms with Crippen molar-refractivity contribution >= 4 is 58.4 Å². The third-order valence-electron chi connectivity index (χ3n) is 17.7. The van der Waals surface area contributed by atoms with Crippen LogP contribution in [0.1, 0.15) is 178 Å². The zero-order chi connectivity index (χ0) is 60.0. The average molecular weight is 1180 g/mol. The minimum absolute atomic E-state index is 0.00269. The number of likely N-dealkylation sites (N-methyl/N-ethyl adjacent to an activating group) is 2. The molecule has 8 rings (SSSR count). The largest absolute Gasteiger partial charge is 0.465 e. The van der Waals surface area contributed by atoms with Gasteiger partial charge in [-0.15, -0.1) is 0 Å². The highest BCUT2D eigenvalue weighted by Crippen LogP contribution is 2.44. The average Bonchev–Trinajstić information content (AvgIpc) is 2.06.